The Morgan fingerprint density at radius 2 is 2.10 bits per heavy atom. The van der Waals surface area contributed by atoms with Gasteiger partial charge in [-0.2, -0.15) is 0 Å². The zero-order valence-corrected chi connectivity index (χ0v) is 11.4. The van der Waals surface area contributed by atoms with Gasteiger partial charge >= 0.3 is 0 Å². The van der Waals surface area contributed by atoms with E-state index in [4.69, 9.17) is 15.2 Å². The molecular weight excluding hydrogens is 256 g/mol. The van der Waals surface area contributed by atoms with Crippen LogP contribution in [0.1, 0.15) is 5.56 Å². The fourth-order valence-corrected chi connectivity index (χ4v) is 1.88. The smallest absolute Gasteiger partial charge is 0.250 e. The number of pyridine rings is 1. The van der Waals surface area contributed by atoms with E-state index in [9.17, 15) is 4.79 Å². The zero-order valence-electron chi connectivity index (χ0n) is 11.4. The lowest BCUT2D eigenvalue weighted by Gasteiger charge is -2.09. The monoisotopic (exact) mass is 274 g/mol. The van der Waals surface area contributed by atoms with Crippen molar-refractivity contribution < 1.29 is 9.47 Å². The molecule has 1 aromatic carbocycles. The van der Waals surface area contributed by atoms with Crippen LogP contribution in [-0.4, -0.2) is 18.3 Å². The Morgan fingerprint density at radius 3 is 2.90 bits per heavy atom. The molecular formula is C15H18N2O3. The lowest BCUT2D eigenvalue weighted by atomic mass is 10.2. The van der Waals surface area contributed by atoms with Crippen LogP contribution in [0, 0.1) is 0 Å². The van der Waals surface area contributed by atoms with Gasteiger partial charge in [0.05, 0.1) is 13.2 Å². The molecule has 0 fully saturated rings. The second kappa shape index (κ2) is 6.77. The van der Waals surface area contributed by atoms with E-state index in [0.29, 0.717) is 25.4 Å². The number of benzene rings is 1. The molecule has 0 saturated carbocycles. The summed E-state index contributed by atoms with van der Waals surface area (Å²) < 4.78 is 12.2. The Bertz CT molecular complexity index is 623. The molecule has 5 heteroatoms. The summed E-state index contributed by atoms with van der Waals surface area (Å²) in [6, 6.07) is 10.7. The second-order valence-corrected chi connectivity index (χ2v) is 4.42. The van der Waals surface area contributed by atoms with Gasteiger partial charge in [-0.25, -0.2) is 0 Å². The summed E-state index contributed by atoms with van der Waals surface area (Å²) in [4.78, 5) is 11.6. The normalized spacial score (nSPS) is 10.4. The Morgan fingerprint density at radius 1 is 1.25 bits per heavy atom. The first-order valence-corrected chi connectivity index (χ1v) is 6.35. The number of nitrogens with two attached hydrogens (primary N) is 1. The highest BCUT2D eigenvalue weighted by Crippen LogP contribution is 2.13. The standard InChI is InChI=1S/C15H18N2O3/c1-19-11-12-3-2-4-14(9-12)20-8-7-17-10-13(16)5-6-15(17)18/h2-6,9-10H,7-8,11,16H2,1H3. The Balaban J connectivity index is 1.94. The lowest BCUT2D eigenvalue weighted by molar-refractivity contribution is 0.184. The van der Waals surface area contributed by atoms with Crippen LogP contribution in [0.3, 0.4) is 0 Å². The van der Waals surface area contributed by atoms with Crippen molar-refractivity contribution in [2.24, 2.45) is 0 Å². The van der Waals surface area contributed by atoms with E-state index < -0.39 is 0 Å². The Hall–Kier alpha value is -2.27. The SMILES string of the molecule is COCc1cccc(OCCn2cc(N)ccc2=O)c1. The van der Waals surface area contributed by atoms with Crippen LogP contribution in [0.5, 0.6) is 5.75 Å². The van der Waals surface area contributed by atoms with E-state index in [1.165, 1.54) is 10.6 Å². The van der Waals surface area contributed by atoms with Gasteiger partial charge in [0, 0.05) is 25.1 Å². The molecule has 5 nitrogen and oxygen atoms in total. The van der Waals surface area contributed by atoms with Gasteiger partial charge in [-0.1, -0.05) is 12.1 Å². The molecule has 0 saturated heterocycles. The minimum atomic E-state index is -0.0871. The van der Waals surface area contributed by atoms with E-state index in [-0.39, 0.29) is 5.56 Å². The first-order chi connectivity index (χ1) is 9.69. The maximum Gasteiger partial charge on any atom is 0.250 e. The molecule has 0 unspecified atom stereocenters. The topological polar surface area (TPSA) is 66.5 Å². The molecule has 2 rings (SSSR count). The van der Waals surface area contributed by atoms with Gasteiger partial charge in [0.25, 0.3) is 5.56 Å². The summed E-state index contributed by atoms with van der Waals surface area (Å²) in [5.74, 6) is 0.761. The van der Waals surface area contributed by atoms with Crippen molar-refractivity contribution in [3.8, 4) is 5.75 Å². The summed E-state index contributed by atoms with van der Waals surface area (Å²) in [5.41, 5.74) is 7.17. The maximum absolute atomic E-state index is 11.6. The van der Waals surface area contributed by atoms with Crippen molar-refractivity contribution in [3.63, 3.8) is 0 Å². The summed E-state index contributed by atoms with van der Waals surface area (Å²) in [6.07, 6.45) is 1.62. The minimum Gasteiger partial charge on any atom is -0.492 e. The molecule has 2 aromatic rings. The molecule has 2 N–H and O–H groups in total. The van der Waals surface area contributed by atoms with Gasteiger partial charge in [-0.05, 0) is 23.8 Å². The van der Waals surface area contributed by atoms with Crippen LogP contribution < -0.4 is 16.0 Å². The predicted octanol–water partition coefficient (Wildman–Crippen LogP) is 1.66. The van der Waals surface area contributed by atoms with Gasteiger partial charge in [0.2, 0.25) is 0 Å². The highest BCUT2D eigenvalue weighted by Gasteiger charge is 1.99. The van der Waals surface area contributed by atoms with Gasteiger partial charge in [0.15, 0.2) is 0 Å². The van der Waals surface area contributed by atoms with Gasteiger partial charge < -0.3 is 19.8 Å². The number of hydrogen-bond acceptors (Lipinski definition) is 4. The lowest BCUT2D eigenvalue weighted by Crippen LogP contribution is -2.22. The molecule has 1 aromatic heterocycles. The van der Waals surface area contributed by atoms with Crippen molar-refractivity contribution in [1.82, 2.24) is 4.57 Å². The minimum absolute atomic E-state index is 0.0871. The first-order valence-electron chi connectivity index (χ1n) is 6.35. The summed E-state index contributed by atoms with van der Waals surface area (Å²) >= 11 is 0. The van der Waals surface area contributed by atoms with Crippen LogP contribution in [0.4, 0.5) is 5.69 Å². The highest BCUT2D eigenvalue weighted by molar-refractivity contribution is 5.33. The third-order valence-corrected chi connectivity index (χ3v) is 2.82. The first kappa shape index (κ1) is 14.1. The van der Waals surface area contributed by atoms with Crippen molar-refractivity contribution >= 4 is 5.69 Å². The number of nitrogens with zero attached hydrogens (tertiary/aromatic N) is 1. The molecule has 0 aliphatic rings. The largest absolute Gasteiger partial charge is 0.492 e. The number of rotatable bonds is 6. The number of ether oxygens (including phenoxy) is 2. The van der Waals surface area contributed by atoms with Crippen molar-refractivity contribution in [1.29, 1.82) is 0 Å². The van der Waals surface area contributed by atoms with Crippen molar-refractivity contribution in [2.75, 3.05) is 19.5 Å². The van der Waals surface area contributed by atoms with Crippen molar-refractivity contribution in [3.05, 3.63) is 58.5 Å². The molecule has 0 aliphatic carbocycles. The third-order valence-electron chi connectivity index (χ3n) is 2.82. The molecule has 0 radical (unpaired) electrons. The van der Waals surface area contributed by atoms with Gasteiger partial charge in [0.1, 0.15) is 12.4 Å². The van der Waals surface area contributed by atoms with E-state index in [1.54, 1.807) is 19.4 Å². The maximum atomic E-state index is 11.6. The van der Waals surface area contributed by atoms with Crippen LogP contribution in [0.15, 0.2) is 47.4 Å². The van der Waals surface area contributed by atoms with Gasteiger partial charge in [-0.15, -0.1) is 0 Å². The predicted molar refractivity (Wildman–Crippen MR) is 77.8 cm³/mol. The fraction of sp³-hybridized carbons (Fsp3) is 0.267. The summed E-state index contributed by atoms with van der Waals surface area (Å²) in [5, 5.41) is 0. The highest BCUT2D eigenvalue weighted by atomic mass is 16.5. The van der Waals surface area contributed by atoms with E-state index in [1.807, 2.05) is 24.3 Å². The van der Waals surface area contributed by atoms with Gasteiger partial charge in [-0.3, -0.25) is 4.79 Å². The quantitative estimate of drug-likeness (QED) is 0.870. The molecule has 0 aliphatic heterocycles. The van der Waals surface area contributed by atoms with E-state index in [0.717, 1.165) is 11.3 Å². The molecule has 20 heavy (non-hydrogen) atoms. The van der Waals surface area contributed by atoms with E-state index >= 15 is 0 Å². The zero-order chi connectivity index (χ0) is 14.4. The Kier molecular flexibility index (Phi) is 4.79. The number of methoxy groups -OCH3 is 1. The average molecular weight is 274 g/mol. The van der Waals surface area contributed by atoms with Crippen LogP contribution >= 0.6 is 0 Å². The number of nitrogen functional groups attached to an aromatic ring is 1. The molecule has 0 amide bonds. The third kappa shape index (κ3) is 3.86. The average Bonchev–Trinajstić information content (AvgIpc) is 2.43. The van der Waals surface area contributed by atoms with Crippen molar-refractivity contribution in [2.45, 2.75) is 13.2 Å². The fourth-order valence-electron chi connectivity index (χ4n) is 1.88. The number of hydrogen-bond donors (Lipinski definition) is 1. The van der Waals surface area contributed by atoms with Crippen LogP contribution in [0.2, 0.25) is 0 Å². The van der Waals surface area contributed by atoms with Crippen LogP contribution in [-0.2, 0) is 17.9 Å². The summed E-state index contributed by atoms with van der Waals surface area (Å²) in [6.45, 7) is 1.41. The number of anilines is 1. The molecule has 0 bridgehead atoms. The molecule has 106 valence electrons. The molecule has 0 atom stereocenters. The van der Waals surface area contributed by atoms with E-state index in [2.05, 4.69) is 0 Å². The van der Waals surface area contributed by atoms with Crippen LogP contribution in [0.25, 0.3) is 0 Å². The molecule has 0 spiro atoms. The molecule has 1 heterocycles. The Labute approximate surface area is 117 Å². The second-order valence-electron chi connectivity index (χ2n) is 4.42. The number of aromatic nitrogens is 1. The summed E-state index contributed by atoms with van der Waals surface area (Å²) in [7, 11) is 1.65.